The molecular weight excluding hydrogens is 412 g/mol. The summed E-state index contributed by atoms with van der Waals surface area (Å²) in [5.41, 5.74) is 3.80. The highest BCUT2D eigenvalue weighted by atomic mass is 16.5. The highest BCUT2D eigenvalue weighted by Crippen LogP contribution is 2.35. The molecule has 0 aromatic heterocycles. The molecule has 3 aromatic rings. The molecule has 0 aliphatic carbocycles. The lowest BCUT2D eigenvalue weighted by molar-refractivity contribution is -0.136. The molecule has 1 N–H and O–H groups in total. The fourth-order valence-electron chi connectivity index (χ4n) is 4.88. The Morgan fingerprint density at radius 3 is 2.58 bits per heavy atom. The smallest absolute Gasteiger partial charge is 0.248 e. The van der Waals surface area contributed by atoms with E-state index in [0.717, 1.165) is 38.2 Å². The number of rotatable bonds is 8. The Hall–Kier alpha value is -2.89. The second-order valence-corrected chi connectivity index (χ2v) is 8.84. The van der Waals surface area contributed by atoms with Gasteiger partial charge in [0, 0.05) is 32.8 Å². The fraction of sp³-hybridized carbons (Fsp3) is 0.393. The molecule has 33 heavy (non-hydrogen) atoms. The molecule has 0 radical (unpaired) electrons. The van der Waals surface area contributed by atoms with Crippen LogP contribution in [0.4, 0.5) is 0 Å². The third-order valence-electron chi connectivity index (χ3n) is 6.75. The molecule has 1 fully saturated rings. The number of fused-ring (bicyclic) bond motifs is 1. The van der Waals surface area contributed by atoms with E-state index in [-0.39, 0.29) is 18.6 Å². The number of ether oxygens (including phenoxy) is 2. The molecule has 0 bridgehead atoms. The third-order valence-corrected chi connectivity index (χ3v) is 6.75. The number of piperidine rings is 1. The zero-order valence-electron chi connectivity index (χ0n) is 19.8. The second kappa shape index (κ2) is 10.8. The zero-order chi connectivity index (χ0) is 23.2. The largest absolute Gasteiger partial charge is 0.496 e. The van der Waals surface area contributed by atoms with E-state index in [1.807, 2.05) is 4.90 Å². The van der Waals surface area contributed by atoms with Gasteiger partial charge in [0.2, 0.25) is 5.91 Å². The van der Waals surface area contributed by atoms with E-state index in [4.69, 9.17) is 9.47 Å². The van der Waals surface area contributed by atoms with Crippen LogP contribution in [0.2, 0.25) is 0 Å². The standard InChI is InChI=1S/C28H34N2O3/c1-20(24-10-6-8-22-7-4-5-9-25(22)24)29-18-21-11-12-27(33-3)26(17-21)23-13-15-30(16-14-23)28(31)19-32-2/h4-12,17,20,23,29H,13-16,18-19H2,1-3H3/t20-/m1/s1. The van der Waals surface area contributed by atoms with E-state index in [2.05, 4.69) is 72.9 Å². The predicted molar refractivity (Wildman–Crippen MR) is 133 cm³/mol. The van der Waals surface area contributed by atoms with Crippen LogP contribution in [0, 0.1) is 0 Å². The van der Waals surface area contributed by atoms with Crippen molar-refractivity contribution in [3.05, 3.63) is 77.4 Å². The molecule has 0 unspecified atom stereocenters. The summed E-state index contributed by atoms with van der Waals surface area (Å²) in [6.45, 7) is 4.68. The number of nitrogens with one attached hydrogen (secondary N) is 1. The molecule has 1 saturated heterocycles. The van der Waals surface area contributed by atoms with Crippen LogP contribution in [0.5, 0.6) is 5.75 Å². The van der Waals surface area contributed by atoms with Gasteiger partial charge in [-0.2, -0.15) is 0 Å². The molecule has 174 valence electrons. The molecule has 4 rings (SSSR count). The molecular formula is C28H34N2O3. The van der Waals surface area contributed by atoms with Gasteiger partial charge in [0.05, 0.1) is 7.11 Å². The van der Waals surface area contributed by atoms with Gasteiger partial charge < -0.3 is 19.7 Å². The van der Waals surface area contributed by atoms with Gasteiger partial charge in [-0.3, -0.25) is 4.79 Å². The summed E-state index contributed by atoms with van der Waals surface area (Å²) in [5, 5.41) is 6.27. The number of benzene rings is 3. The number of hydrogen-bond donors (Lipinski definition) is 1. The lowest BCUT2D eigenvalue weighted by atomic mass is 9.87. The van der Waals surface area contributed by atoms with E-state index < -0.39 is 0 Å². The number of carbonyl (C=O) groups excluding carboxylic acids is 1. The number of amides is 1. The van der Waals surface area contributed by atoms with Crippen molar-refractivity contribution in [2.45, 2.75) is 38.3 Å². The Morgan fingerprint density at radius 2 is 1.82 bits per heavy atom. The topological polar surface area (TPSA) is 50.8 Å². The average Bonchev–Trinajstić information content (AvgIpc) is 2.87. The Bertz CT molecular complexity index is 1080. The molecule has 1 amide bonds. The van der Waals surface area contributed by atoms with E-state index in [1.165, 1.54) is 27.5 Å². The number of likely N-dealkylation sites (tertiary alicyclic amines) is 1. The zero-order valence-corrected chi connectivity index (χ0v) is 19.8. The summed E-state index contributed by atoms with van der Waals surface area (Å²) >= 11 is 0. The molecule has 5 heteroatoms. The Labute approximate surface area is 196 Å². The van der Waals surface area contributed by atoms with Crippen molar-refractivity contribution in [1.29, 1.82) is 0 Å². The minimum absolute atomic E-state index is 0.0725. The van der Waals surface area contributed by atoms with Gasteiger partial charge in [-0.15, -0.1) is 0 Å². The van der Waals surface area contributed by atoms with Crippen LogP contribution in [0.1, 0.15) is 48.4 Å². The maximum Gasteiger partial charge on any atom is 0.248 e. The number of methoxy groups -OCH3 is 2. The van der Waals surface area contributed by atoms with Crippen LogP contribution in [-0.4, -0.2) is 44.7 Å². The minimum atomic E-state index is 0.0725. The third kappa shape index (κ3) is 5.37. The Balaban J connectivity index is 1.44. The van der Waals surface area contributed by atoms with Crippen LogP contribution in [0.15, 0.2) is 60.7 Å². The highest BCUT2D eigenvalue weighted by molar-refractivity contribution is 5.86. The maximum absolute atomic E-state index is 12.1. The summed E-state index contributed by atoms with van der Waals surface area (Å²) in [4.78, 5) is 14.0. The van der Waals surface area contributed by atoms with Crippen molar-refractivity contribution in [3.63, 3.8) is 0 Å². The van der Waals surface area contributed by atoms with E-state index in [0.29, 0.717) is 5.92 Å². The van der Waals surface area contributed by atoms with Crippen molar-refractivity contribution < 1.29 is 14.3 Å². The molecule has 1 atom stereocenters. The van der Waals surface area contributed by atoms with E-state index >= 15 is 0 Å². The summed E-state index contributed by atoms with van der Waals surface area (Å²) in [5.74, 6) is 1.40. The van der Waals surface area contributed by atoms with Crippen molar-refractivity contribution in [2.24, 2.45) is 0 Å². The van der Waals surface area contributed by atoms with Gasteiger partial charge in [-0.1, -0.05) is 54.6 Å². The van der Waals surface area contributed by atoms with Gasteiger partial charge in [0.1, 0.15) is 12.4 Å². The number of nitrogens with zero attached hydrogens (tertiary/aromatic N) is 1. The van der Waals surface area contributed by atoms with Gasteiger partial charge >= 0.3 is 0 Å². The number of hydrogen-bond acceptors (Lipinski definition) is 4. The van der Waals surface area contributed by atoms with Crippen LogP contribution < -0.4 is 10.1 Å². The van der Waals surface area contributed by atoms with Crippen molar-refractivity contribution in [1.82, 2.24) is 10.2 Å². The molecule has 0 saturated carbocycles. The first-order valence-corrected chi connectivity index (χ1v) is 11.7. The van der Waals surface area contributed by atoms with E-state index in [1.54, 1.807) is 14.2 Å². The van der Waals surface area contributed by atoms with E-state index in [9.17, 15) is 4.79 Å². The molecule has 1 heterocycles. The van der Waals surface area contributed by atoms with Gasteiger partial charge in [0.15, 0.2) is 0 Å². The quantitative estimate of drug-likeness (QED) is 0.526. The first-order valence-electron chi connectivity index (χ1n) is 11.7. The fourth-order valence-corrected chi connectivity index (χ4v) is 4.88. The van der Waals surface area contributed by atoms with Crippen LogP contribution in [-0.2, 0) is 16.1 Å². The molecule has 0 spiro atoms. The van der Waals surface area contributed by atoms with Gasteiger partial charge in [-0.05, 0) is 59.2 Å². The van der Waals surface area contributed by atoms with Crippen molar-refractivity contribution in [3.8, 4) is 5.75 Å². The molecule has 1 aliphatic heterocycles. The monoisotopic (exact) mass is 446 g/mol. The van der Waals surface area contributed by atoms with Gasteiger partial charge in [-0.25, -0.2) is 0 Å². The summed E-state index contributed by atoms with van der Waals surface area (Å²) in [6, 6.07) is 21.8. The van der Waals surface area contributed by atoms with Gasteiger partial charge in [0.25, 0.3) is 0 Å². The number of carbonyl (C=O) groups is 1. The van der Waals surface area contributed by atoms with Crippen molar-refractivity contribution in [2.75, 3.05) is 33.9 Å². The predicted octanol–water partition coefficient (Wildman–Crippen LogP) is 5.05. The Morgan fingerprint density at radius 1 is 1.06 bits per heavy atom. The molecule has 3 aromatic carbocycles. The lowest BCUT2D eigenvalue weighted by Gasteiger charge is -2.33. The SMILES string of the molecule is COCC(=O)N1CCC(c2cc(CN[C@H](C)c3cccc4ccccc34)ccc2OC)CC1. The minimum Gasteiger partial charge on any atom is -0.496 e. The molecule has 5 nitrogen and oxygen atoms in total. The summed E-state index contributed by atoms with van der Waals surface area (Å²) < 4.78 is 10.7. The highest BCUT2D eigenvalue weighted by Gasteiger charge is 2.25. The van der Waals surface area contributed by atoms with Crippen LogP contribution >= 0.6 is 0 Å². The lowest BCUT2D eigenvalue weighted by Crippen LogP contribution is -2.39. The van der Waals surface area contributed by atoms with Crippen LogP contribution in [0.25, 0.3) is 10.8 Å². The normalized spacial score (nSPS) is 15.5. The summed E-state index contributed by atoms with van der Waals surface area (Å²) in [6.07, 6.45) is 1.88. The summed E-state index contributed by atoms with van der Waals surface area (Å²) in [7, 11) is 3.30. The average molecular weight is 447 g/mol. The van der Waals surface area contributed by atoms with Crippen LogP contribution in [0.3, 0.4) is 0 Å². The first kappa shape index (κ1) is 23.3. The first-order chi connectivity index (χ1) is 16.1. The van der Waals surface area contributed by atoms with Crippen molar-refractivity contribution >= 4 is 16.7 Å². The Kier molecular flexibility index (Phi) is 7.63. The molecule has 1 aliphatic rings. The second-order valence-electron chi connectivity index (χ2n) is 8.84. The maximum atomic E-state index is 12.1.